The van der Waals surface area contributed by atoms with E-state index in [-0.39, 0.29) is 11.0 Å². The SMILES string of the molecule is COc1ccc(Nc2nncc(Nc3ccc(F)c(Cl)c3)n2)cc1Cl. The molecule has 0 saturated heterocycles. The highest BCUT2D eigenvalue weighted by Crippen LogP contribution is 2.28. The van der Waals surface area contributed by atoms with Crippen LogP contribution < -0.4 is 15.4 Å². The van der Waals surface area contributed by atoms with Gasteiger partial charge in [0.15, 0.2) is 5.82 Å². The first kappa shape index (κ1) is 17.2. The Hall–Kier alpha value is -2.64. The van der Waals surface area contributed by atoms with Gasteiger partial charge >= 0.3 is 0 Å². The third-order valence-electron chi connectivity index (χ3n) is 3.16. The van der Waals surface area contributed by atoms with Crippen molar-refractivity contribution in [2.24, 2.45) is 0 Å². The van der Waals surface area contributed by atoms with Crippen LogP contribution in [0.15, 0.2) is 42.6 Å². The Morgan fingerprint density at radius 3 is 2.44 bits per heavy atom. The van der Waals surface area contributed by atoms with Crippen LogP contribution in [0.1, 0.15) is 0 Å². The molecule has 9 heteroatoms. The summed E-state index contributed by atoms with van der Waals surface area (Å²) >= 11 is 11.8. The van der Waals surface area contributed by atoms with E-state index < -0.39 is 5.82 Å². The number of nitrogens with one attached hydrogen (secondary N) is 2. The average Bonchev–Trinajstić information content (AvgIpc) is 2.59. The minimum Gasteiger partial charge on any atom is -0.495 e. The van der Waals surface area contributed by atoms with Crippen molar-refractivity contribution >= 4 is 46.3 Å². The lowest BCUT2D eigenvalue weighted by atomic mass is 10.3. The highest BCUT2D eigenvalue weighted by Gasteiger charge is 2.06. The molecule has 6 nitrogen and oxygen atoms in total. The summed E-state index contributed by atoms with van der Waals surface area (Å²) in [6.45, 7) is 0. The number of benzene rings is 2. The van der Waals surface area contributed by atoms with Crippen LogP contribution in [0.5, 0.6) is 5.75 Å². The minimum absolute atomic E-state index is 0.0123. The lowest BCUT2D eigenvalue weighted by Crippen LogP contribution is -2.02. The molecule has 0 bridgehead atoms. The Bertz CT molecular complexity index is 909. The summed E-state index contributed by atoms with van der Waals surface area (Å²) in [5.41, 5.74) is 1.25. The summed E-state index contributed by atoms with van der Waals surface area (Å²) < 4.78 is 18.3. The molecule has 3 rings (SSSR count). The molecular weight excluding hydrogens is 368 g/mol. The maximum absolute atomic E-state index is 13.2. The van der Waals surface area contributed by atoms with Gasteiger partial charge in [-0.25, -0.2) is 4.39 Å². The number of rotatable bonds is 5. The lowest BCUT2D eigenvalue weighted by Gasteiger charge is -2.09. The van der Waals surface area contributed by atoms with Gasteiger partial charge in [0.2, 0.25) is 5.95 Å². The van der Waals surface area contributed by atoms with Gasteiger partial charge < -0.3 is 15.4 Å². The van der Waals surface area contributed by atoms with Crippen LogP contribution >= 0.6 is 23.2 Å². The second-order valence-corrected chi connectivity index (χ2v) is 5.71. The molecule has 0 saturated carbocycles. The van der Waals surface area contributed by atoms with Crippen LogP contribution in [0.3, 0.4) is 0 Å². The molecule has 0 aliphatic rings. The molecule has 0 amide bonds. The first-order valence-electron chi connectivity index (χ1n) is 7.07. The number of hydrogen-bond acceptors (Lipinski definition) is 6. The quantitative estimate of drug-likeness (QED) is 0.662. The third-order valence-corrected chi connectivity index (χ3v) is 3.74. The Morgan fingerprint density at radius 1 is 1.00 bits per heavy atom. The Labute approximate surface area is 153 Å². The smallest absolute Gasteiger partial charge is 0.249 e. The largest absolute Gasteiger partial charge is 0.495 e. The second kappa shape index (κ2) is 7.50. The van der Waals surface area contributed by atoms with Crippen molar-refractivity contribution < 1.29 is 9.13 Å². The molecule has 2 N–H and O–H groups in total. The number of nitrogens with zero attached hydrogens (tertiary/aromatic N) is 3. The fourth-order valence-corrected chi connectivity index (χ4v) is 2.45. The van der Waals surface area contributed by atoms with Gasteiger partial charge in [-0.2, -0.15) is 10.1 Å². The number of halogens is 3. The number of methoxy groups -OCH3 is 1. The number of ether oxygens (including phenoxy) is 1. The van der Waals surface area contributed by atoms with Gasteiger partial charge in [-0.3, -0.25) is 0 Å². The van der Waals surface area contributed by atoms with Crippen molar-refractivity contribution in [2.75, 3.05) is 17.7 Å². The van der Waals surface area contributed by atoms with Gasteiger partial charge in [0.1, 0.15) is 11.6 Å². The van der Waals surface area contributed by atoms with E-state index >= 15 is 0 Å². The Kier molecular flexibility index (Phi) is 5.16. The summed E-state index contributed by atoms with van der Waals surface area (Å²) in [6, 6.07) is 9.44. The van der Waals surface area contributed by atoms with Crippen LogP contribution in [-0.4, -0.2) is 22.3 Å². The molecule has 0 aliphatic carbocycles. The fourth-order valence-electron chi connectivity index (χ4n) is 2.01. The zero-order valence-electron chi connectivity index (χ0n) is 12.9. The van der Waals surface area contributed by atoms with Crippen LogP contribution in [0.4, 0.5) is 27.5 Å². The van der Waals surface area contributed by atoms with Crippen molar-refractivity contribution in [1.29, 1.82) is 0 Å². The second-order valence-electron chi connectivity index (χ2n) is 4.89. The van der Waals surface area contributed by atoms with Gasteiger partial charge in [0, 0.05) is 11.4 Å². The summed E-state index contributed by atoms with van der Waals surface area (Å²) in [5, 5.41) is 14.2. The molecule has 2 aromatic carbocycles. The summed E-state index contributed by atoms with van der Waals surface area (Å²) in [5.74, 6) is 0.751. The first-order valence-corrected chi connectivity index (χ1v) is 7.83. The predicted molar refractivity (Wildman–Crippen MR) is 95.8 cm³/mol. The monoisotopic (exact) mass is 379 g/mol. The van der Waals surface area contributed by atoms with Crippen molar-refractivity contribution in [3.63, 3.8) is 0 Å². The van der Waals surface area contributed by atoms with Crippen molar-refractivity contribution in [3.8, 4) is 5.75 Å². The van der Waals surface area contributed by atoms with Crippen molar-refractivity contribution in [3.05, 3.63) is 58.5 Å². The zero-order valence-corrected chi connectivity index (χ0v) is 14.4. The van der Waals surface area contributed by atoms with Gasteiger partial charge in [-0.15, -0.1) is 5.10 Å². The Balaban J connectivity index is 1.77. The van der Waals surface area contributed by atoms with Gasteiger partial charge in [0.05, 0.1) is 23.4 Å². The molecule has 0 fully saturated rings. The summed E-state index contributed by atoms with van der Waals surface area (Å²) in [4.78, 5) is 4.28. The van der Waals surface area contributed by atoms with E-state index in [4.69, 9.17) is 27.9 Å². The number of anilines is 4. The molecule has 3 aromatic rings. The van der Waals surface area contributed by atoms with Gasteiger partial charge in [-0.1, -0.05) is 23.2 Å². The predicted octanol–water partition coefficient (Wildman–Crippen LogP) is 4.81. The van der Waals surface area contributed by atoms with Crippen LogP contribution in [-0.2, 0) is 0 Å². The third kappa shape index (κ3) is 4.26. The fraction of sp³-hybridized carbons (Fsp3) is 0.0625. The Morgan fingerprint density at radius 2 is 1.72 bits per heavy atom. The van der Waals surface area contributed by atoms with E-state index in [1.54, 1.807) is 24.3 Å². The molecule has 1 aromatic heterocycles. The molecule has 25 heavy (non-hydrogen) atoms. The lowest BCUT2D eigenvalue weighted by molar-refractivity contribution is 0.415. The molecule has 0 radical (unpaired) electrons. The van der Waals surface area contributed by atoms with Crippen LogP contribution in [0.25, 0.3) is 0 Å². The number of hydrogen-bond donors (Lipinski definition) is 2. The molecule has 1 heterocycles. The van der Waals surface area contributed by atoms with Crippen LogP contribution in [0.2, 0.25) is 10.0 Å². The zero-order chi connectivity index (χ0) is 17.8. The van der Waals surface area contributed by atoms with E-state index in [0.29, 0.717) is 28.0 Å². The normalized spacial score (nSPS) is 10.4. The molecule has 0 aliphatic heterocycles. The minimum atomic E-state index is -0.494. The first-order chi connectivity index (χ1) is 12.0. The van der Waals surface area contributed by atoms with Crippen LogP contribution in [0, 0.1) is 5.82 Å². The molecule has 128 valence electrons. The van der Waals surface area contributed by atoms with Gasteiger partial charge in [-0.05, 0) is 36.4 Å². The van der Waals surface area contributed by atoms with E-state index in [0.717, 1.165) is 0 Å². The van der Waals surface area contributed by atoms with E-state index in [1.165, 1.54) is 25.4 Å². The summed E-state index contributed by atoms with van der Waals surface area (Å²) in [6.07, 6.45) is 1.43. The van der Waals surface area contributed by atoms with E-state index in [1.807, 2.05) is 0 Å². The van der Waals surface area contributed by atoms with E-state index in [9.17, 15) is 4.39 Å². The summed E-state index contributed by atoms with van der Waals surface area (Å²) in [7, 11) is 1.54. The highest BCUT2D eigenvalue weighted by molar-refractivity contribution is 6.32. The number of aromatic nitrogens is 3. The van der Waals surface area contributed by atoms with E-state index in [2.05, 4.69) is 25.8 Å². The van der Waals surface area contributed by atoms with Gasteiger partial charge in [0.25, 0.3) is 0 Å². The van der Waals surface area contributed by atoms with Crippen molar-refractivity contribution in [2.45, 2.75) is 0 Å². The standard InChI is InChI=1S/C16H12Cl2FN5O/c1-25-14-5-3-10(7-12(14)18)22-16-23-15(8-20-24-16)21-9-2-4-13(19)11(17)6-9/h2-8H,1H3,(H2,21,22,23,24). The molecular formula is C16H12Cl2FN5O. The van der Waals surface area contributed by atoms with Crippen molar-refractivity contribution in [1.82, 2.24) is 15.2 Å². The maximum atomic E-state index is 13.2. The topological polar surface area (TPSA) is 72.0 Å². The molecule has 0 atom stereocenters. The average molecular weight is 380 g/mol. The highest BCUT2D eigenvalue weighted by atomic mass is 35.5. The molecule has 0 spiro atoms. The maximum Gasteiger partial charge on any atom is 0.249 e. The molecule has 0 unspecified atom stereocenters.